The first-order valence-electron chi connectivity index (χ1n) is 7.49. The molecular weight excluding hydrogens is 280 g/mol. The Balaban J connectivity index is 2.02. The molecule has 6 nitrogen and oxygen atoms in total. The normalized spacial score (nSPS) is 14.1. The number of anilines is 1. The molecule has 0 amide bonds. The molecule has 0 radical (unpaired) electrons. The minimum absolute atomic E-state index is 0.336. The maximum atomic E-state index is 12.1. The van der Waals surface area contributed by atoms with Crippen LogP contribution in [-0.2, 0) is 4.74 Å². The van der Waals surface area contributed by atoms with Crippen LogP contribution in [0.25, 0.3) is 11.4 Å². The average Bonchev–Trinajstić information content (AvgIpc) is 3.10. The summed E-state index contributed by atoms with van der Waals surface area (Å²) in [5.74, 6) is 0.856. The number of carbonyl (C=O) groups is 1. The van der Waals surface area contributed by atoms with Gasteiger partial charge in [0, 0.05) is 37.2 Å². The number of nitrogens with zero attached hydrogens (tertiary/aromatic N) is 4. The number of hydrogen-bond acceptors (Lipinski definition) is 6. The summed E-state index contributed by atoms with van der Waals surface area (Å²) in [6, 6.07) is 3.74. The molecule has 0 unspecified atom stereocenters. The molecule has 0 aromatic carbocycles. The van der Waals surface area contributed by atoms with E-state index in [1.54, 1.807) is 25.5 Å². The lowest BCUT2D eigenvalue weighted by Crippen LogP contribution is -2.23. The predicted octanol–water partition coefficient (Wildman–Crippen LogP) is 2.32. The lowest BCUT2D eigenvalue weighted by molar-refractivity contribution is 0.0526. The molecule has 3 rings (SSSR count). The molecule has 1 saturated heterocycles. The van der Waals surface area contributed by atoms with Gasteiger partial charge < -0.3 is 9.64 Å². The third-order valence-electron chi connectivity index (χ3n) is 3.59. The summed E-state index contributed by atoms with van der Waals surface area (Å²) in [5.41, 5.74) is 1.26. The largest absolute Gasteiger partial charge is 0.462 e. The molecule has 0 aliphatic carbocycles. The fourth-order valence-electron chi connectivity index (χ4n) is 2.53. The van der Waals surface area contributed by atoms with Crippen LogP contribution in [-0.4, -0.2) is 40.6 Å². The van der Waals surface area contributed by atoms with Gasteiger partial charge in [-0.05, 0) is 31.9 Å². The van der Waals surface area contributed by atoms with Gasteiger partial charge in [-0.2, -0.15) is 0 Å². The van der Waals surface area contributed by atoms with E-state index in [2.05, 4.69) is 19.9 Å². The highest BCUT2D eigenvalue weighted by molar-refractivity contribution is 5.94. The van der Waals surface area contributed by atoms with Crippen LogP contribution in [0.1, 0.15) is 30.1 Å². The van der Waals surface area contributed by atoms with Gasteiger partial charge in [-0.25, -0.2) is 14.8 Å². The van der Waals surface area contributed by atoms with Crippen LogP contribution in [0.4, 0.5) is 5.82 Å². The molecule has 0 bridgehead atoms. The molecule has 6 heteroatoms. The summed E-state index contributed by atoms with van der Waals surface area (Å²) in [7, 11) is 0. The van der Waals surface area contributed by atoms with Crippen molar-refractivity contribution in [3.63, 3.8) is 0 Å². The highest BCUT2D eigenvalue weighted by Gasteiger charge is 2.23. The van der Waals surface area contributed by atoms with Crippen LogP contribution in [0.2, 0.25) is 0 Å². The van der Waals surface area contributed by atoms with Gasteiger partial charge in [-0.1, -0.05) is 0 Å². The summed E-state index contributed by atoms with van der Waals surface area (Å²) in [6.07, 6.45) is 7.19. The van der Waals surface area contributed by atoms with E-state index in [0.717, 1.165) is 31.5 Å². The second-order valence-corrected chi connectivity index (χ2v) is 5.09. The van der Waals surface area contributed by atoms with Crippen molar-refractivity contribution in [2.75, 3.05) is 24.6 Å². The van der Waals surface area contributed by atoms with E-state index in [0.29, 0.717) is 23.8 Å². The first kappa shape index (κ1) is 14.4. The van der Waals surface area contributed by atoms with Gasteiger partial charge in [0.15, 0.2) is 5.82 Å². The molecule has 22 heavy (non-hydrogen) atoms. The zero-order valence-electron chi connectivity index (χ0n) is 12.5. The second kappa shape index (κ2) is 6.51. The lowest BCUT2D eigenvalue weighted by Gasteiger charge is -2.19. The summed E-state index contributed by atoms with van der Waals surface area (Å²) < 4.78 is 5.12. The van der Waals surface area contributed by atoms with E-state index in [9.17, 15) is 4.79 Å². The number of pyridine rings is 1. The van der Waals surface area contributed by atoms with Gasteiger partial charge in [-0.15, -0.1) is 0 Å². The molecule has 1 aliphatic heterocycles. The number of hydrogen-bond donors (Lipinski definition) is 0. The fraction of sp³-hybridized carbons (Fsp3) is 0.375. The zero-order valence-corrected chi connectivity index (χ0v) is 12.5. The SMILES string of the molecule is CCOC(=O)c1cnc(-c2cccnc2)nc1N1CCCC1. The Hall–Kier alpha value is -2.50. The van der Waals surface area contributed by atoms with Crippen molar-refractivity contribution in [2.24, 2.45) is 0 Å². The molecule has 2 aromatic heterocycles. The van der Waals surface area contributed by atoms with E-state index in [1.807, 2.05) is 12.1 Å². The maximum absolute atomic E-state index is 12.1. The monoisotopic (exact) mass is 298 g/mol. The smallest absolute Gasteiger partial charge is 0.343 e. The van der Waals surface area contributed by atoms with Crippen molar-refractivity contribution in [1.82, 2.24) is 15.0 Å². The van der Waals surface area contributed by atoms with Gasteiger partial charge >= 0.3 is 5.97 Å². The Labute approximate surface area is 129 Å². The summed E-state index contributed by atoms with van der Waals surface area (Å²) >= 11 is 0. The maximum Gasteiger partial charge on any atom is 0.343 e. The Kier molecular flexibility index (Phi) is 4.27. The number of aromatic nitrogens is 3. The molecule has 0 spiro atoms. The van der Waals surface area contributed by atoms with Gasteiger partial charge in [0.1, 0.15) is 11.4 Å². The molecule has 0 saturated carbocycles. The standard InChI is InChI=1S/C16H18N4O2/c1-2-22-16(21)13-11-18-14(12-6-5-7-17-10-12)19-15(13)20-8-3-4-9-20/h5-7,10-11H,2-4,8-9H2,1H3. The zero-order chi connectivity index (χ0) is 15.4. The van der Waals surface area contributed by atoms with Crippen molar-refractivity contribution in [3.05, 3.63) is 36.3 Å². The number of rotatable bonds is 4. The first-order chi connectivity index (χ1) is 10.8. The second-order valence-electron chi connectivity index (χ2n) is 5.09. The number of carbonyl (C=O) groups excluding carboxylic acids is 1. The average molecular weight is 298 g/mol. The van der Waals surface area contributed by atoms with Crippen LogP contribution >= 0.6 is 0 Å². The molecule has 1 aliphatic rings. The summed E-state index contributed by atoms with van der Waals surface area (Å²) in [5, 5.41) is 0. The Bertz CT molecular complexity index is 654. The highest BCUT2D eigenvalue weighted by atomic mass is 16.5. The number of ether oxygens (including phenoxy) is 1. The van der Waals surface area contributed by atoms with Gasteiger partial charge in [0.05, 0.1) is 6.61 Å². The highest BCUT2D eigenvalue weighted by Crippen LogP contribution is 2.25. The molecule has 0 atom stereocenters. The summed E-state index contributed by atoms with van der Waals surface area (Å²) in [6.45, 7) is 3.92. The molecule has 2 aromatic rings. The minimum atomic E-state index is -0.373. The third-order valence-corrected chi connectivity index (χ3v) is 3.59. The quantitative estimate of drug-likeness (QED) is 0.807. The van der Waals surface area contributed by atoms with Crippen LogP contribution in [0, 0.1) is 0 Å². The van der Waals surface area contributed by atoms with Gasteiger partial charge in [0.25, 0.3) is 0 Å². The summed E-state index contributed by atoms with van der Waals surface area (Å²) in [4.78, 5) is 27.2. The van der Waals surface area contributed by atoms with Crippen LogP contribution < -0.4 is 4.90 Å². The van der Waals surface area contributed by atoms with E-state index < -0.39 is 0 Å². The Morgan fingerprint density at radius 1 is 1.32 bits per heavy atom. The van der Waals surface area contributed by atoms with Gasteiger partial charge in [0.2, 0.25) is 0 Å². The van der Waals surface area contributed by atoms with E-state index >= 15 is 0 Å². The Morgan fingerprint density at radius 3 is 2.82 bits per heavy atom. The predicted molar refractivity (Wildman–Crippen MR) is 82.7 cm³/mol. The van der Waals surface area contributed by atoms with Crippen molar-refractivity contribution < 1.29 is 9.53 Å². The molecule has 114 valence electrons. The molecule has 1 fully saturated rings. The van der Waals surface area contributed by atoms with Crippen molar-refractivity contribution in [3.8, 4) is 11.4 Å². The van der Waals surface area contributed by atoms with E-state index in [1.165, 1.54) is 0 Å². The molecule has 3 heterocycles. The van der Waals surface area contributed by atoms with Crippen LogP contribution in [0.5, 0.6) is 0 Å². The van der Waals surface area contributed by atoms with Gasteiger partial charge in [-0.3, -0.25) is 4.98 Å². The van der Waals surface area contributed by atoms with E-state index in [-0.39, 0.29) is 5.97 Å². The minimum Gasteiger partial charge on any atom is -0.462 e. The van der Waals surface area contributed by atoms with Crippen molar-refractivity contribution in [1.29, 1.82) is 0 Å². The first-order valence-corrected chi connectivity index (χ1v) is 7.49. The number of esters is 1. The molecule has 0 N–H and O–H groups in total. The lowest BCUT2D eigenvalue weighted by atomic mass is 10.2. The van der Waals surface area contributed by atoms with Crippen molar-refractivity contribution >= 4 is 11.8 Å². The van der Waals surface area contributed by atoms with E-state index in [4.69, 9.17) is 4.74 Å². The van der Waals surface area contributed by atoms with Crippen LogP contribution in [0.15, 0.2) is 30.7 Å². The Morgan fingerprint density at radius 2 is 2.14 bits per heavy atom. The fourth-order valence-corrected chi connectivity index (χ4v) is 2.53. The van der Waals surface area contributed by atoms with Crippen LogP contribution in [0.3, 0.4) is 0 Å². The molecular formula is C16H18N4O2. The topological polar surface area (TPSA) is 68.2 Å². The van der Waals surface area contributed by atoms with Crippen molar-refractivity contribution in [2.45, 2.75) is 19.8 Å². The third kappa shape index (κ3) is 2.90.